The van der Waals surface area contributed by atoms with E-state index < -0.39 is 5.91 Å². The summed E-state index contributed by atoms with van der Waals surface area (Å²) in [5, 5.41) is 22.8. The second-order valence-corrected chi connectivity index (χ2v) is 6.29. The molecule has 0 spiro atoms. The maximum absolute atomic E-state index is 11.9. The third-order valence-corrected chi connectivity index (χ3v) is 4.50. The highest BCUT2D eigenvalue weighted by Crippen LogP contribution is 2.38. The summed E-state index contributed by atoms with van der Waals surface area (Å²) in [4.78, 5) is 24.2. The van der Waals surface area contributed by atoms with E-state index in [1.165, 1.54) is 11.3 Å². The van der Waals surface area contributed by atoms with E-state index in [9.17, 15) is 14.7 Å². The smallest absolute Gasteiger partial charge is 0.283 e. The molecule has 7 nitrogen and oxygen atoms in total. The number of nitrogens with zero attached hydrogens (tertiary/aromatic N) is 3. The van der Waals surface area contributed by atoms with Crippen LogP contribution in [0.4, 0.5) is 5.69 Å². The van der Waals surface area contributed by atoms with Gasteiger partial charge in [0.1, 0.15) is 6.54 Å². The normalized spacial score (nSPS) is 11.1. The second-order valence-electron chi connectivity index (χ2n) is 5.34. The number of para-hydroxylation sites is 1. The summed E-state index contributed by atoms with van der Waals surface area (Å²) in [5.41, 5.74) is 0.970. The van der Waals surface area contributed by atoms with Crippen LogP contribution in [0.1, 0.15) is 9.67 Å². The maximum Gasteiger partial charge on any atom is 0.283 e. The molecule has 0 bridgehead atoms. The van der Waals surface area contributed by atoms with E-state index in [0.29, 0.717) is 16.8 Å². The molecule has 0 aliphatic heterocycles. The molecule has 3 aromatic rings. The minimum Gasteiger partial charge on any atom is -0.493 e. The van der Waals surface area contributed by atoms with Crippen LogP contribution in [0.25, 0.3) is 10.9 Å². The molecule has 0 atom stereocenters. The van der Waals surface area contributed by atoms with Crippen molar-refractivity contribution in [2.75, 3.05) is 6.54 Å². The Bertz CT molecular complexity index is 989. The van der Waals surface area contributed by atoms with Crippen molar-refractivity contribution in [3.05, 3.63) is 59.3 Å². The van der Waals surface area contributed by atoms with Gasteiger partial charge in [0.2, 0.25) is 5.88 Å². The summed E-state index contributed by atoms with van der Waals surface area (Å²) in [6.07, 6.45) is 1.65. The molecular weight excluding hydrogens is 352 g/mol. The number of amides is 2. The van der Waals surface area contributed by atoms with Gasteiger partial charge in [0.15, 0.2) is 5.69 Å². The lowest BCUT2D eigenvalue weighted by Gasteiger charge is -2.01. The molecule has 2 N–H and O–H groups in total. The molecule has 3 rings (SSSR count). The van der Waals surface area contributed by atoms with Gasteiger partial charge in [0, 0.05) is 11.9 Å². The Labute approximate surface area is 153 Å². The molecule has 0 aliphatic rings. The molecule has 0 aliphatic carbocycles. The number of allylic oxidation sites excluding steroid dienone is 1. The molecule has 132 valence electrons. The summed E-state index contributed by atoms with van der Waals surface area (Å²) in [6.45, 7) is 3.79. The van der Waals surface area contributed by atoms with Crippen LogP contribution in [0.15, 0.2) is 64.7 Å². The fourth-order valence-corrected chi connectivity index (χ4v) is 3.12. The zero-order valence-electron chi connectivity index (χ0n) is 13.8. The second kappa shape index (κ2) is 7.75. The average Bonchev–Trinajstić information content (AvgIpc) is 3.27. The molecule has 0 radical (unpaired) electrons. The number of thiophene rings is 1. The van der Waals surface area contributed by atoms with Crippen LogP contribution in [0.5, 0.6) is 5.88 Å². The molecule has 0 saturated carbocycles. The number of rotatable bonds is 6. The summed E-state index contributed by atoms with van der Waals surface area (Å²) < 4.78 is 1.62. The number of carbonyl (C=O) groups excluding carboxylic acids is 2. The minimum absolute atomic E-state index is 0.0923. The highest BCUT2D eigenvalue weighted by atomic mass is 32.1. The number of azo groups is 1. The molecule has 8 heteroatoms. The van der Waals surface area contributed by atoms with Crippen LogP contribution >= 0.6 is 11.3 Å². The number of hydrogen-bond acceptors (Lipinski definition) is 5. The Morgan fingerprint density at radius 1 is 1.27 bits per heavy atom. The first kappa shape index (κ1) is 17.6. The standard InChI is InChI=1S/C18H16N4O3S/c1-2-9-22-13-7-4-3-6-12(13)16(18(22)25)21-20-15(23)11-19-17(24)14-8-5-10-26-14/h2-8,10,25H,1,9,11H2,(H,19,24). The van der Waals surface area contributed by atoms with Gasteiger partial charge in [-0.2, -0.15) is 0 Å². The van der Waals surface area contributed by atoms with Crippen LogP contribution < -0.4 is 5.32 Å². The van der Waals surface area contributed by atoms with Crippen molar-refractivity contribution in [3.63, 3.8) is 0 Å². The fraction of sp³-hybridized carbons (Fsp3) is 0.111. The lowest BCUT2D eigenvalue weighted by Crippen LogP contribution is -2.27. The van der Waals surface area contributed by atoms with E-state index in [1.54, 1.807) is 34.2 Å². The zero-order valence-corrected chi connectivity index (χ0v) is 14.6. The van der Waals surface area contributed by atoms with Gasteiger partial charge < -0.3 is 15.0 Å². The van der Waals surface area contributed by atoms with Gasteiger partial charge >= 0.3 is 0 Å². The molecule has 0 fully saturated rings. The molecule has 2 aromatic heterocycles. The lowest BCUT2D eigenvalue weighted by atomic mass is 10.2. The Morgan fingerprint density at radius 3 is 2.81 bits per heavy atom. The number of aromatic hydroxyl groups is 1. The van der Waals surface area contributed by atoms with Gasteiger partial charge in [0.05, 0.1) is 10.4 Å². The zero-order chi connectivity index (χ0) is 18.5. The van der Waals surface area contributed by atoms with Crippen molar-refractivity contribution >= 4 is 39.7 Å². The highest BCUT2D eigenvalue weighted by Gasteiger charge is 2.16. The Hall–Kier alpha value is -3.26. The van der Waals surface area contributed by atoms with Crippen molar-refractivity contribution in [2.45, 2.75) is 6.54 Å². The maximum atomic E-state index is 11.9. The summed E-state index contributed by atoms with van der Waals surface area (Å²) >= 11 is 1.28. The molecule has 2 amide bonds. The van der Waals surface area contributed by atoms with E-state index in [1.807, 2.05) is 18.2 Å². The predicted octanol–water partition coefficient (Wildman–Crippen LogP) is 3.63. The quantitative estimate of drug-likeness (QED) is 0.513. The topological polar surface area (TPSA) is 96.0 Å². The summed E-state index contributed by atoms with van der Waals surface area (Å²) in [7, 11) is 0. The third-order valence-electron chi connectivity index (χ3n) is 3.64. The lowest BCUT2D eigenvalue weighted by molar-refractivity contribution is -0.117. The summed E-state index contributed by atoms with van der Waals surface area (Å²) in [5.74, 6) is -1.05. The van der Waals surface area contributed by atoms with E-state index in [4.69, 9.17) is 0 Å². The van der Waals surface area contributed by atoms with Crippen molar-refractivity contribution in [3.8, 4) is 5.88 Å². The number of nitrogens with one attached hydrogen (secondary N) is 1. The molecule has 1 aromatic carbocycles. The molecule has 0 unspecified atom stereocenters. The predicted molar refractivity (Wildman–Crippen MR) is 100.0 cm³/mol. The Balaban J connectivity index is 1.75. The number of carbonyl (C=O) groups is 2. The van der Waals surface area contributed by atoms with E-state index in [2.05, 4.69) is 22.1 Å². The van der Waals surface area contributed by atoms with Crippen LogP contribution in [0.2, 0.25) is 0 Å². The Kier molecular flexibility index (Phi) is 5.23. The number of hydrogen-bond donors (Lipinski definition) is 2. The first-order valence-corrected chi connectivity index (χ1v) is 8.67. The van der Waals surface area contributed by atoms with Crippen molar-refractivity contribution in [1.29, 1.82) is 0 Å². The van der Waals surface area contributed by atoms with Crippen LogP contribution in [-0.4, -0.2) is 28.0 Å². The van der Waals surface area contributed by atoms with Gasteiger partial charge in [-0.05, 0) is 17.5 Å². The van der Waals surface area contributed by atoms with Crippen LogP contribution in [-0.2, 0) is 11.3 Å². The first-order chi connectivity index (χ1) is 12.6. The van der Waals surface area contributed by atoms with E-state index >= 15 is 0 Å². The van der Waals surface area contributed by atoms with Gasteiger partial charge in [-0.1, -0.05) is 30.3 Å². The monoisotopic (exact) mass is 368 g/mol. The molecule has 2 heterocycles. The molecule has 26 heavy (non-hydrogen) atoms. The number of benzene rings is 1. The van der Waals surface area contributed by atoms with E-state index in [0.717, 1.165) is 5.52 Å². The highest BCUT2D eigenvalue weighted by molar-refractivity contribution is 7.12. The Morgan fingerprint density at radius 2 is 2.08 bits per heavy atom. The van der Waals surface area contributed by atoms with E-state index in [-0.39, 0.29) is 24.0 Å². The average molecular weight is 368 g/mol. The summed E-state index contributed by atoms with van der Waals surface area (Å²) in [6, 6.07) is 10.7. The minimum atomic E-state index is -0.616. The largest absolute Gasteiger partial charge is 0.493 e. The van der Waals surface area contributed by atoms with Gasteiger partial charge in [-0.3, -0.25) is 9.59 Å². The van der Waals surface area contributed by atoms with Crippen molar-refractivity contribution in [2.24, 2.45) is 10.2 Å². The molecule has 0 saturated heterocycles. The number of aromatic nitrogens is 1. The fourth-order valence-electron chi connectivity index (χ4n) is 2.48. The van der Waals surface area contributed by atoms with Crippen LogP contribution in [0.3, 0.4) is 0 Å². The number of fused-ring (bicyclic) bond motifs is 1. The van der Waals surface area contributed by atoms with Crippen molar-refractivity contribution < 1.29 is 14.7 Å². The van der Waals surface area contributed by atoms with Gasteiger partial charge in [-0.15, -0.1) is 28.1 Å². The van der Waals surface area contributed by atoms with Crippen molar-refractivity contribution in [1.82, 2.24) is 9.88 Å². The van der Waals surface area contributed by atoms with Gasteiger partial charge in [-0.25, -0.2) is 0 Å². The first-order valence-electron chi connectivity index (χ1n) is 7.79. The SMILES string of the molecule is C=CCn1c(O)c(N=NC(=O)CNC(=O)c2cccs2)c2ccccc21. The van der Waals surface area contributed by atoms with Gasteiger partial charge in [0.25, 0.3) is 11.8 Å². The van der Waals surface area contributed by atoms with Crippen LogP contribution in [0, 0.1) is 0 Å². The third kappa shape index (κ3) is 3.55. The molecular formula is C18H16N4O3S.